The Balaban J connectivity index is 2.22. The topological polar surface area (TPSA) is 86.3 Å². The quantitative estimate of drug-likeness (QED) is 0.704. The zero-order chi connectivity index (χ0) is 18.8. The van der Waals surface area contributed by atoms with E-state index in [0.717, 1.165) is 0 Å². The molecule has 0 amide bonds. The van der Waals surface area contributed by atoms with Gasteiger partial charge < -0.3 is 19.2 Å². The summed E-state index contributed by atoms with van der Waals surface area (Å²) in [6, 6.07) is 4.47. The number of fused-ring (bicyclic) bond motifs is 1. The highest BCUT2D eigenvalue weighted by atomic mass is 32.2. The highest BCUT2D eigenvalue weighted by molar-refractivity contribution is 7.84. The summed E-state index contributed by atoms with van der Waals surface area (Å²) >= 11 is 0. The van der Waals surface area contributed by atoms with E-state index in [9.17, 15) is 13.0 Å². The number of pyridine rings is 1. The number of halogens is 2. The van der Waals surface area contributed by atoms with Crippen molar-refractivity contribution in [2.75, 3.05) is 20.5 Å². The normalized spacial score (nSPS) is 12.4. The number of ether oxygens (including phenoxy) is 3. The number of hydrogen-bond donors (Lipinski definition) is 1. The molecule has 1 atom stereocenters. The lowest BCUT2D eigenvalue weighted by atomic mass is 10.3. The van der Waals surface area contributed by atoms with Crippen molar-refractivity contribution in [2.45, 2.75) is 11.5 Å². The number of methoxy groups -OCH3 is 2. The molecule has 2 aromatic heterocycles. The standard InChI is InChI=1S/C16H15F2N3O4S/c1-23-9-6-7-19-12(13(9)24-2)15-20-8-4-5-10(25-16(17)18)14(26(3)22)11(8)21-15/h4-7,16H,1-3H3,(H,20,21). The predicted molar refractivity (Wildman–Crippen MR) is 91.4 cm³/mol. The third-order valence-corrected chi connectivity index (χ3v) is 4.56. The number of aromatic amines is 1. The second kappa shape index (κ2) is 7.24. The molecule has 3 aromatic rings. The highest BCUT2D eigenvalue weighted by Crippen LogP contribution is 2.37. The van der Waals surface area contributed by atoms with Gasteiger partial charge in [0.25, 0.3) is 0 Å². The summed E-state index contributed by atoms with van der Waals surface area (Å²) in [6.45, 7) is -3.03. The zero-order valence-electron chi connectivity index (χ0n) is 14.1. The van der Waals surface area contributed by atoms with Crippen molar-refractivity contribution in [3.63, 3.8) is 0 Å². The summed E-state index contributed by atoms with van der Waals surface area (Å²) < 4.78 is 52.4. The fourth-order valence-corrected chi connectivity index (χ4v) is 3.40. The molecule has 1 unspecified atom stereocenters. The molecular formula is C16H15F2N3O4S. The van der Waals surface area contributed by atoms with Crippen molar-refractivity contribution in [1.29, 1.82) is 0 Å². The molecule has 1 N–H and O–H groups in total. The van der Waals surface area contributed by atoms with Crippen LogP contribution in [0.1, 0.15) is 0 Å². The largest absolute Gasteiger partial charge is 0.493 e. The van der Waals surface area contributed by atoms with E-state index in [1.165, 1.54) is 38.8 Å². The molecule has 0 aliphatic heterocycles. The molecule has 10 heteroatoms. The number of H-pyrrole nitrogens is 1. The molecule has 2 heterocycles. The van der Waals surface area contributed by atoms with E-state index in [4.69, 9.17) is 9.47 Å². The first-order valence-corrected chi connectivity index (χ1v) is 8.90. The first-order chi connectivity index (χ1) is 12.5. The maximum Gasteiger partial charge on any atom is 0.387 e. The number of nitrogens with zero attached hydrogens (tertiary/aromatic N) is 2. The minimum Gasteiger partial charge on any atom is -0.493 e. The Labute approximate surface area is 149 Å². The van der Waals surface area contributed by atoms with Crippen LogP contribution < -0.4 is 14.2 Å². The van der Waals surface area contributed by atoms with Gasteiger partial charge in [-0.05, 0) is 12.1 Å². The second-order valence-electron chi connectivity index (χ2n) is 5.10. The van der Waals surface area contributed by atoms with Crippen LogP contribution in [0, 0.1) is 0 Å². The minimum absolute atomic E-state index is 0.0761. The van der Waals surface area contributed by atoms with E-state index < -0.39 is 17.4 Å². The number of nitrogens with one attached hydrogen (secondary N) is 1. The lowest BCUT2D eigenvalue weighted by Gasteiger charge is -2.09. The van der Waals surface area contributed by atoms with Crippen LogP contribution in [0.25, 0.3) is 22.6 Å². The van der Waals surface area contributed by atoms with E-state index in [1.807, 2.05) is 0 Å². The van der Waals surface area contributed by atoms with Crippen molar-refractivity contribution < 1.29 is 27.2 Å². The predicted octanol–water partition coefficient (Wildman–Crippen LogP) is 2.98. The molecule has 0 aliphatic rings. The van der Waals surface area contributed by atoms with Crippen LogP contribution in [0.4, 0.5) is 8.78 Å². The summed E-state index contributed by atoms with van der Waals surface area (Å²) in [5, 5.41) is 0. The van der Waals surface area contributed by atoms with Crippen molar-refractivity contribution >= 4 is 21.8 Å². The van der Waals surface area contributed by atoms with Gasteiger partial charge in [-0.2, -0.15) is 8.78 Å². The molecule has 26 heavy (non-hydrogen) atoms. The molecule has 0 spiro atoms. The van der Waals surface area contributed by atoms with Crippen molar-refractivity contribution in [3.8, 4) is 28.8 Å². The molecule has 0 saturated carbocycles. The van der Waals surface area contributed by atoms with Crippen LogP contribution >= 0.6 is 0 Å². The van der Waals surface area contributed by atoms with Gasteiger partial charge >= 0.3 is 6.61 Å². The van der Waals surface area contributed by atoms with Gasteiger partial charge in [0.2, 0.25) is 0 Å². The lowest BCUT2D eigenvalue weighted by Crippen LogP contribution is -2.05. The Hall–Kier alpha value is -2.75. The van der Waals surface area contributed by atoms with Gasteiger partial charge in [0.1, 0.15) is 16.2 Å². The number of rotatable bonds is 6. The monoisotopic (exact) mass is 383 g/mol. The molecule has 0 aliphatic carbocycles. The number of imidazole rings is 1. The Kier molecular flexibility index (Phi) is 5.03. The lowest BCUT2D eigenvalue weighted by molar-refractivity contribution is -0.0515. The number of hydrogen-bond acceptors (Lipinski definition) is 6. The smallest absolute Gasteiger partial charge is 0.387 e. The maximum atomic E-state index is 12.6. The maximum absolute atomic E-state index is 12.6. The molecule has 0 fully saturated rings. The Morgan fingerprint density at radius 3 is 2.54 bits per heavy atom. The molecule has 0 bridgehead atoms. The first kappa shape index (κ1) is 18.1. The summed E-state index contributed by atoms with van der Waals surface area (Å²) in [6.07, 6.45) is 2.89. The van der Waals surface area contributed by atoms with Crippen LogP contribution in [0.3, 0.4) is 0 Å². The van der Waals surface area contributed by atoms with Gasteiger partial charge in [-0.3, -0.25) is 4.21 Å². The fourth-order valence-electron chi connectivity index (χ4n) is 2.57. The number of alkyl halides is 2. The molecule has 7 nitrogen and oxygen atoms in total. The van der Waals surface area contributed by atoms with E-state index >= 15 is 0 Å². The van der Waals surface area contributed by atoms with Crippen molar-refractivity contribution in [3.05, 3.63) is 24.4 Å². The summed E-state index contributed by atoms with van der Waals surface area (Å²) in [5.41, 5.74) is 1.12. The number of benzene rings is 1. The third-order valence-electron chi connectivity index (χ3n) is 3.59. The van der Waals surface area contributed by atoms with Gasteiger partial charge in [0.15, 0.2) is 23.0 Å². The van der Waals surface area contributed by atoms with Crippen LogP contribution in [-0.4, -0.2) is 46.2 Å². The van der Waals surface area contributed by atoms with E-state index in [-0.39, 0.29) is 16.2 Å². The van der Waals surface area contributed by atoms with Gasteiger partial charge in [-0.15, -0.1) is 0 Å². The van der Waals surface area contributed by atoms with Gasteiger partial charge in [0.05, 0.1) is 30.5 Å². The SMILES string of the molecule is COc1ccnc(-c2nc3c(S(C)=O)c(OC(F)F)ccc3[nH]2)c1OC. The summed E-state index contributed by atoms with van der Waals surface area (Å²) in [7, 11) is 1.35. The molecule has 0 saturated heterocycles. The molecule has 0 radical (unpaired) electrons. The summed E-state index contributed by atoms with van der Waals surface area (Å²) in [4.78, 5) is 11.7. The van der Waals surface area contributed by atoms with Crippen molar-refractivity contribution in [1.82, 2.24) is 15.0 Å². The number of aromatic nitrogens is 3. The average molecular weight is 383 g/mol. The van der Waals surface area contributed by atoms with E-state index in [2.05, 4.69) is 19.7 Å². The molecular weight excluding hydrogens is 368 g/mol. The summed E-state index contributed by atoms with van der Waals surface area (Å²) in [5.74, 6) is 0.949. The second-order valence-corrected chi connectivity index (χ2v) is 6.42. The van der Waals surface area contributed by atoms with Crippen LogP contribution in [0.2, 0.25) is 0 Å². The fraction of sp³-hybridized carbons (Fsp3) is 0.250. The Bertz CT molecular complexity index is 978. The third kappa shape index (κ3) is 3.19. The van der Waals surface area contributed by atoms with Gasteiger partial charge in [-0.1, -0.05) is 0 Å². The Morgan fingerprint density at radius 2 is 1.92 bits per heavy atom. The average Bonchev–Trinajstić information content (AvgIpc) is 3.03. The molecule has 3 rings (SSSR count). The van der Waals surface area contributed by atoms with Gasteiger partial charge in [0, 0.05) is 18.5 Å². The van der Waals surface area contributed by atoms with E-state index in [1.54, 1.807) is 6.07 Å². The Morgan fingerprint density at radius 1 is 1.15 bits per heavy atom. The molecule has 138 valence electrons. The minimum atomic E-state index is -3.03. The van der Waals surface area contributed by atoms with Crippen molar-refractivity contribution in [2.24, 2.45) is 0 Å². The first-order valence-electron chi connectivity index (χ1n) is 7.34. The zero-order valence-corrected chi connectivity index (χ0v) is 14.9. The van der Waals surface area contributed by atoms with Gasteiger partial charge in [-0.25, -0.2) is 9.97 Å². The molecule has 1 aromatic carbocycles. The highest BCUT2D eigenvalue weighted by Gasteiger charge is 2.21. The van der Waals surface area contributed by atoms with E-state index in [0.29, 0.717) is 28.5 Å². The van der Waals surface area contributed by atoms with Crippen LogP contribution in [0.15, 0.2) is 29.3 Å². The van der Waals surface area contributed by atoms with Crippen LogP contribution in [0.5, 0.6) is 17.2 Å². The van der Waals surface area contributed by atoms with Crippen LogP contribution in [-0.2, 0) is 10.8 Å².